The number of nitrogens with zero attached hydrogens (tertiary/aromatic N) is 3. The van der Waals surface area contributed by atoms with Gasteiger partial charge in [0.1, 0.15) is 6.04 Å². The fraction of sp³-hybridized carbons (Fsp3) is 0.312. The third-order valence-corrected chi connectivity index (χ3v) is 6.92. The molecule has 1 aromatic heterocycles. The molecule has 41 heavy (non-hydrogen) atoms. The molecule has 3 aromatic carbocycles. The van der Waals surface area contributed by atoms with Gasteiger partial charge in [0.05, 0.1) is 16.6 Å². The van der Waals surface area contributed by atoms with Crippen molar-refractivity contribution in [3.05, 3.63) is 99.9 Å². The van der Waals surface area contributed by atoms with Crippen LogP contribution in [0.25, 0.3) is 10.9 Å². The summed E-state index contributed by atoms with van der Waals surface area (Å²) in [6, 6.07) is 21.8. The quantitative estimate of drug-likeness (QED) is 0.266. The van der Waals surface area contributed by atoms with Crippen LogP contribution in [0.15, 0.2) is 82.0 Å². The fourth-order valence-corrected chi connectivity index (χ4v) is 4.93. The van der Waals surface area contributed by atoms with Gasteiger partial charge in [0, 0.05) is 25.0 Å². The summed E-state index contributed by atoms with van der Waals surface area (Å²) in [5.41, 5.74) is 1.70. The Morgan fingerprint density at radius 1 is 0.976 bits per heavy atom. The number of fused-ring (bicyclic) bond motifs is 1. The maximum Gasteiger partial charge on any atom is 0.412 e. The van der Waals surface area contributed by atoms with Gasteiger partial charge in [0.15, 0.2) is 0 Å². The first kappa shape index (κ1) is 29.3. The van der Waals surface area contributed by atoms with E-state index < -0.39 is 23.3 Å². The Morgan fingerprint density at radius 2 is 1.59 bits per heavy atom. The number of anilines is 2. The van der Waals surface area contributed by atoms with Crippen LogP contribution in [0.4, 0.5) is 16.5 Å². The average molecular weight is 557 g/mol. The Bertz CT molecular complexity index is 1580. The normalized spacial score (nSPS) is 12.1. The second-order valence-corrected chi connectivity index (χ2v) is 10.9. The van der Waals surface area contributed by atoms with E-state index >= 15 is 0 Å². The van der Waals surface area contributed by atoms with Gasteiger partial charge in [-0.3, -0.25) is 9.69 Å². The van der Waals surface area contributed by atoms with Gasteiger partial charge in [0.25, 0.3) is 6.01 Å². The molecule has 0 spiro atoms. The molecule has 4 aromatic rings. The van der Waals surface area contributed by atoms with Gasteiger partial charge < -0.3 is 19.7 Å². The van der Waals surface area contributed by atoms with Crippen LogP contribution < -0.4 is 15.8 Å². The first-order valence-electron chi connectivity index (χ1n) is 13.6. The summed E-state index contributed by atoms with van der Waals surface area (Å²) < 4.78 is 5.59. The van der Waals surface area contributed by atoms with Crippen molar-refractivity contribution in [3.63, 3.8) is 0 Å². The molecule has 9 nitrogen and oxygen atoms in total. The lowest BCUT2D eigenvalue weighted by Gasteiger charge is -2.34. The zero-order chi connectivity index (χ0) is 29.7. The van der Waals surface area contributed by atoms with Gasteiger partial charge in [-0.2, -0.15) is 4.98 Å². The lowest BCUT2D eigenvalue weighted by molar-refractivity contribution is -0.132. The molecule has 0 aliphatic carbocycles. The molecular weight excluding hydrogens is 520 g/mol. The lowest BCUT2D eigenvalue weighted by atomic mass is 10.0. The number of aryl methyl sites for hydroxylation is 1. The molecule has 2 N–H and O–H groups in total. The number of hydrogen-bond acceptors (Lipinski definition) is 6. The van der Waals surface area contributed by atoms with Gasteiger partial charge >= 0.3 is 11.7 Å². The number of rotatable bonds is 9. The van der Waals surface area contributed by atoms with Crippen LogP contribution in [0.3, 0.4) is 0 Å². The van der Waals surface area contributed by atoms with E-state index in [4.69, 9.17) is 4.42 Å². The lowest BCUT2D eigenvalue weighted by Crippen LogP contribution is -2.45. The average Bonchev–Trinajstić information content (AvgIpc) is 2.92. The molecule has 1 atom stereocenters. The highest BCUT2D eigenvalue weighted by molar-refractivity contribution is 5.95. The minimum atomic E-state index is -1.13. The van der Waals surface area contributed by atoms with E-state index in [2.05, 4.69) is 10.3 Å². The Labute approximate surface area is 239 Å². The van der Waals surface area contributed by atoms with E-state index in [-0.39, 0.29) is 17.3 Å². The van der Waals surface area contributed by atoms with Gasteiger partial charge in [-0.25, -0.2) is 9.59 Å². The molecule has 0 radical (unpaired) electrons. The van der Waals surface area contributed by atoms with Crippen LogP contribution in [0.5, 0.6) is 0 Å². The predicted octanol–water partition coefficient (Wildman–Crippen LogP) is 5.85. The fourth-order valence-electron chi connectivity index (χ4n) is 4.93. The number of nitrogens with one attached hydrogen (secondary N) is 1. The minimum Gasteiger partial charge on any atom is -0.465 e. The maximum atomic E-state index is 13.8. The number of carbonyl (C=O) groups excluding carboxylic acids is 1. The number of aromatic nitrogens is 1. The van der Waals surface area contributed by atoms with Gasteiger partial charge in [0.2, 0.25) is 5.91 Å². The summed E-state index contributed by atoms with van der Waals surface area (Å²) >= 11 is 0. The smallest absolute Gasteiger partial charge is 0.412 e. The van der Waals surface area contributed by atoms with Crippen molar-refractivity contribution in [2.45, 2.75) is 59.2 Å². The standard InChI is InChI=1S/C32H36N4O5/c1-6-35(20-23-15-11-8-12-16-23)28(37)25(19-22-13-9-7-10-14-22)34-30-33-24-17-18-26(21(2)27(24)29(38)41-30)36(31(39)40)32(3,4)5/h7-18,25H,6,19-20H2,1-5H3,(H,33,34)(H,39,40). The monoisotopic (exact) mass is 556 g/mol. The zero-order valence-electron chi connectivity index (χ0n) is 24.0. The van der Waals surface area contributed by atoms with Crippen molar-refractivity contribution in [2.75, 3.05) is 16.8 Å². The third-order valence-electron chi connectivity index (χ3n) is 6.92. The number of benzene rings is 3. The number of carbonyl (C=O) groups is 2. The summed E-state index contributed by atoms with van der Waals surface area (Å²) in [7, 11) is 0. The predicted molar refractivity (Wildman–Crippen MR) is 160 cm³/mol. The van der Waals surface area contributed by atoms with Crippen molar-refractivity contribution in [2.24, 2.45) is 0 Å². The molecule has 9 heteroatoms. The molecule has 1 unspecified atom stereocenters. The molecule has 0 saturated heterocycles. The summed E-state index contributed by atoms with van der Waals surface area (Å²) in [5.74, 6) is -0.154. The van der Waals surface area contributed by atoms with E-state index in [0.29, 0.717) is 36.3 Å². The highest BCUT2D eigenvalue weighted by Gasteiger charge is 2.31. The van der Waals surface area contributed by atoms with Gasteiger partial charge in [-0.1, -0.05) is 60.7 Å². The highest BCUT2D eigenvalue weighted by Crippen LogP contribution is 2.31. The van der Waals surface area contributed by atoms with E-state index in [0.717, 1.165) is 11.1 Å². The second-order valence-electron chi connectivity index (χ2n) is 10.9. The van der Waals surface area contributed by atoms with Crippen molar-refractivity contribution in [3.8, 4) is 0 Å². The van der Waals surface area contributed by atoms with Crippen LogP contribution in [0.2, 0.25) is 0 Å². The highest BCUT2D eigenvalue weighted by atomic mass is 16.4. The van der Waals surface area contributed by atoms with E-state index in [1.165, 1.54) is 4.90 Å². The molecule has 0 saturated carbocycles. The number of hydrogen-bond donors (Lipinski definition) is 2. The number of likely N-dealkylation sites (N-methyl/N-ethyl adjacent to an activating group) is 1. The van der Waals surface area contributed by atoms with Gasteiger partial charge in [-0.05, 0) is 63.4 Å². The molecule has 0 fully saturated rings. The Hall–Kier alpha value is -4.66. The maximum absolute atomic E-state index is 13.8. The third kappa shape index (κ3) is 6.74. The Kier molecular flexibility index (Phi) is 8.76. The molecular formula is C32H36N4O5. The van der Waals surface area contributed by atoms with Crippen LogP contribution in [0, 0.1) is 6.92 Å². The van der Waals surface area contributed by atoms with E-state index in [1.807, 2.05) is 67.6 Å². The van der Waals surface area contributed by atoms with Crippen molar-refractivity contribution < 1.29 is 19.1 Å². The molecule has 0 aliphatic heterocycles. The second kappa shape index (κ2) is 12.2. The minimum absolute atomic E-state index is 0.0781. The van der Waals surface area contributed by atoms with Gasteiger partial charge in [-0.15, -0.1) is 0 Å². The zero-order valence-corrected chi connectivity index (χ0v) is 24.0. The number of amides is 2. The van der Waals surface area contributed by atoms with Crippen molar-refractivity contribution in [1.29, 1.82) is 0 Å². The van der Waals surface area contributed by atoms with Crippen LogP contribution in [-0.2, 0) is 17.8 Å². The van der Waals surface area contributed by atoms with Crippen LogP contribution >= 0.6 is 0 Å². The Balaban J connectivity index is 1.70. The summed E-state index contributed by atoms with van der Waals surface area (Å²) in [5, 5.41) is 13.1. The Morgan fingerprint density at radius 3 is 2.15 bits per heavy atom. The molecule has 0 bridgehead atoms. The van der Waals surface area contributed by atoms with Crippen molar-refractivity contribution >= 4 is 34.6 Å². The first-order chi connectivity index (χ1) is 19.5. The van der Waals surface area contributed by atoms with Crippen molar-refractivity contribution in [1.82, 2.24) is 9.88 Å². The first-order valence-corrected chi connectivity index (χ1v) is 13.6. The summed E-state index contributed by atoms with van der Waals surface area (Å²) in [6.45, 7) is 9.86. The molecule has 0 aliphatic rings. The summed E-state index contributed by atoms with van der Waals surface area (Å²) in [6.07, 6.45) is -0.778. The van der Waals surface area contributed by atoms with E-state index in [9.17, 15) is 19.5 Å². The molecule has 1 heterocycles. The molecule has 2 amide bonds. The van der Waals surface area contributed by atoms with Crippen LogP contribution in [0.1, 0.15) is 44.4 Å². The van der Waals surface area contributed by atoms with E-state index in [1.54, 1.807) is 44.7 Å². The number of carboxylic acid groups (broad SMARTS) is 1. The summed E-state index contributed by atoms with van der Waals surface area (Å²) in [4.78, 5) is 46.6. The molecule has 214 valence electrons. The largest absolute Gasteiger partial charge is 0.465 e. The van der Waals surface area contributed by atoms with Crippen LogP contribution in [-0.4, -0.2) is 45.1 Å². The SMILES string of the molecule is CCN(Cc1ccccc1)C(=O)C(Cc1ccccc1)Nc1nc2ccc(N(C(=O)O)C(C)(C)C)c(C)c2c(=O)o1. The topological polar surface area (TPSA) is 116 Å². The molecule has 4 rings (SSSR count).